The normalized spacial score (nSPS) is 24.4. The fraction of sp³-hybridized carbons (Fsp3) is 0.545. The molecule has 0 bridgehead atoms. The zero-order valence-electron chi connectivity index (χ0n) is 14.0. The summed E-state index contributed by atoms with van der Waals surface area (Å²) in [6.45, 7) is 2.15. The molecule has 1 fully saturated rings. The molecule has 1 saturated heterocycles. The van der Waals surface area contributed by atoms with Gasteiger partial charge < -0.3 is 0 Å². The van der Waals surface area contributed by atoms with Gasteiger partial charge >= 0.3 is 6.03 Å². The van der Waals surface area contributed by atoms with Gasteiger partial charge in [-0.15, -0.1) is 6.53 Å². The predicted octanol–water partition coefficient (Wildman–Crippen LogP) is 0.961. The van der Waals surface area contributed by atoms with Gasteiger partial charge in [-0.25, -0.2) is 4.79 Å². The molecule has 88 valence electrons. The Morgan fingerprint density at radius 1 is 1.50 bits per heavy atom. The van der Waals surface area contributed by atoms with E-state index in [1.165, 1.54) is 0 Å². The summed E-state index contributed by atoms with van der Waals surface area (Å²) in [5.41, 5.74) is -2.38. The summed E-state index contributed by atoms with van der Waals surface area (Å²) < 4.78 is 37.7. The predicted molar refractivity (Wildman–Crippen MR) is 58.4 cm³/mol. The Morgan fingerprint density at radius 3 is 2.50 bits per heavy atom. The van der Waals surface area contributed by atoms with Gasteiger partial charge in [-0.3, -0.25) is 20.2 Å². The molecule has 0 radical (unpaired) electrons. The van der Waals surface area contributed by atoms with E-state index in [2.05, 4.69) is 0 Å². The van der Waals surface area contributed by atoms with E-state index in [0.717, 1.165) is 0 Å². The molecule has 1 heterocycles. The number of rotatable bonds is 4. The van der Waals surface area contributed by atoms with Gasteiger partial charge in [0.25, 0.3) is 0 Å². The molecule has 1 rings (SSSR count). The summed E-state index contributed by atoms with van der Waals surface area (Å²) in [6, 6.07) is -2.16. The van der Waals surface area contributed by atoms with E-state index < -0.39 is 42.2 Å². The summed E-state index contributed by atoms with van der Waals surface area (Å²) in [6.07, 6.45) is -3.18. The maximum absolute atomic E-state index is 12.2. The largest absolute Gasteiger partial charge is 0.328 e. The number of hydrogen-bond acceptors (Lipinski definition) is 3. The number of carbonyl (C=O) groups excluding carboxylic acids is 3. The monoisotopic (exact) mass is 229 g/mol. The summed E-state index contributed by atoms with van der Waals surface area (Å²) in [4.78, 5) is 35.5. The highest BCUT2D eigenvalue weighted by molar-refractivity contribution is 6.19. The first-order valence-corrected chi connectivity index (χ1v) is 4.78. The van der Waals surface area contributed by atoms with Crippen LogP contribution >= 0.6 is 0 Å². The first-order chi connectivity index (χ1) is 9.46. The molecule has 5 heteroatoms. The second kappa shape index (κ2) is 4.47. The van der Waals surface area contributed by atoms with Crippen LogP contribution in [0, 0.1) is 11.3 Å². The molecule has 1 aliphatic rings. The minimum Gasteiger partial charge on any atom is -0.277 e. The van der Waals surface area contributed by atoms with Crippen LogP contribution in [0.15, 0.2) is 12.6 Å². The zero-order chi connectivity index (χ0) is 16.6. The SMILES string of the molecule is [2H]C([2H])=C([2H])C([2H])([2H])C1(CC(C)C)C(=O)NC(=O)NC1=O. The lowest BCUT2D eigenvalue weighted by atomic mass is 9.74. The lowest BCUT2D eigenvalue weighted by Crippen LogP contribution is -2.62. The minimum absolute atomic E-state index is 0.277. The van der Waals surface area contributed by atoms with Crippen LogP contribution in [0.3, 0.4) is 0 Å². The first kappa shape index (κ1) is 6.83. The molecule has 2 N–H and O–H groups in total. The van der Waals surface area contributed by atoms with Crippen molar-refractivity contribution in [2.24, 2.45) is 11.3 Å². The molecular formula is C11H16N2O3. The quantitative estimate of drug-likeness (QED) is 0.557. The zero-order valence-corrected chi connectivity index (χ0v) is 9.01. The average molecular weight is 229 g/mol. The number of carbonyl (C=O) groups is 3. The number of allylic oxidation sites excluding steroid dienone is 1. The van der Waals surface area contributed by atoms with Crippen molar-refractivity contribution in [2.75, 3.05) is 0 Å². The Hall–Kier alpha value is -1.65. The topological polar surface area (TPSA) is 75.3 Å². The molecule has 0 saturated carbocycles. The Morgan fingerprint density at radius 2 is 2.06 bits per heavy atom. The van der Waals surface area contributed by atoms with Crippen LogP contribution in [0.4, 0.5) is 4.79 Å². The van der Waals surface area contributed by atoms with Crippen molar-refractivity contribution < 1.29 is 21.2 Å². The molecule has 0 atom stereocenters. The first-order valence-electron chi connectivity index (χ1n) is 7.28. The van der Waals surface area contributed by atoms with Crippen LogP contribution in [-0.4, -0.2) is 17.8 Å². The Balaban J connectivity index is 3.54. The van der Waals surface area contributed by atoms with E-state index in [1.807, 2.05) is 10.6 Å². The summed E-state index contributed by atoms with van der Waals surface area (Å²) in [5, 5.41) is 3.66. The third-order valence-electron chi connectivity index (χ3n) is 2.22. The molecule has 1 aliphatic heterocycles. The van der Waals surface area contributed by atoms with Crippen molar-refractivity contribution >= 4 is 17.8 Å². The van der Waals surface area contributed by atoms with Crippen molar-refractivity contribution in [3.8, 4) is 0 Å². The van der Waals surface area contributed by atoms with Gasteiger partial charge in [-0.05, 0) is 18.7 Å². The average Bonchev–Trinajstić information content (AvgIpc) is 2.31. The Kier molecular flexibility index (Phi) is 1.91. The van der Waals surface area contributed by atoms with Crippen molar-refractivity contribution in [3.05, 3.63) is 12.6 Å². The van der Waals surface area contributed by atoms with E-state index in [0.29, 0.717) is 0 Å². The van der Waals surface area contributed by atoms with Gasteiger partial charge in [0, 0.05) is 2.74 Å². The molecule has 0 aromatic rings. The van der Waals surface area contributed by atoms with E-state index in [-0.39, 0.29) is 12.3 Å². The van der Waals surface area contributed by atoms with Gasteiger partial charge in [0.1, 0.15) is 5.41 Å². The molecule has 4 amide bonds. The molecule has 0 aliphatic carbocycles. The standard InChI is InChI=1S/C11H16N2O3/c1-4-5-11(6-7(2)3)8(14)12-10(16)13-9(11)15/h4,7H,1,5-6H2,2-3H3,(H2,12,13,14,15,16)/i1D2,4D,5D2. The lowest BCUT2D eigenvalue weighted by Gasteiger charge is -2.34. The van der Waals surface area contributed by atoms with Crippen LogP contribution in [0.5, 0.6) is 0 Å². The minimum atomic E-state index is -2.90. The van der Waals surface area contributed by atoms with Gasteiger partial charge in [0.05, 0.1) is 4.11 Å². The van der Waals surface area contributed by atoms with Gasteiger partial charge in [0.2, 0.25) is 11.8 Å². The van der Waals surface area contributed by atoms with Crippen LogP contribution < -0.4 is 10.6 Å². The lowest BCUT2D eigenvalue weighted by molar-refractivity contribution is -0.145. The number of imide groups is 2. The highest BCUT2D eigenvalue weighted by atomic mass is 16.2. The number of nitrogens with one attached hydrogen (secondary N) is 2. The van der Waals surface area contributed by atoms with Crippen LogP contribution in [0.2, 0.25) is 0 Å². The van der Waals surface area contributed by atoms with Gasteiger partial charge in [0.15, 0.2) is 0 Å². The third-order valence-corrected chi connectivity index (χ3v) is 2.22. The second-order valence-corrected chi connectivity index (χ2v) is 3.99. The molecule has 0 spiro atoms. The fourth-order valence-electron chi connectivity index (χ4n) is 1.62. The maximum Gasteiger partial charge on any atom is 0.328 e. The molecule has 0 aromatic heterocycles. The smallest absolute Gasteiger partial charge is 0.277 e. The Labute approximate surface area is 101 Å². The highest BCUT2D eigenvalue weighted by Crippen LogP contribution is 2.33. The van der Waals surface area contributed by atoms with E-state index in [1.54, 1.807) is 13.8 Å². The number of amides is 4. The second-order valence-electron chi connectivity index (χ2n) is 3.99. The molecule has 5 nitrogen and oxygen atoms in total. The summed E-state index contributed by atoms with van der Waals surface area (Å²) in [5.74, 6) is -2.64. The van der Waals surface area contributed by atoms with E-state index in [9.17, 15) is 14.4 Å². The number of barbiturate groups is 1. The molecule has 0 unspecified atom stereocenters. The van der Waals surface area contributed by atoms with Gasteiger partial charge in [-0.1, -0.05) is 19.9 Å². The molecule has 0 aromatic carbocycles. The Bertz CT molecular complexity index is 506. The maximum atomic E-state index is 12.2. The van der Waals surface area contributed by atoms with Crippen LogP contribution in [0.1, 0.15) is 33.5 Å². The van der Waals surface area contributed by atoms with Crippen molar-refractivity contribution in [2.45, 2.75) is 26.6 Å². The van der Waals surface area contributed by atoms with Crippen molar-refractivity contribution in [1.82, 2.24) is 10.6 Å². The summed E-state index contributed by atoms with van der Waals surface area (Å²) >= 11 is 0. The van der Waals surface area contributed by atoms with Crippen molar-refractivity contribution in [1.29, 1.82) is 0 Å². The van der Waals surface area contributed by atoms with E-state index in [4.69, 9.17) is 6.85 Å². The summed E-state index contributed by atoms with van der Waals surface area (Å²) in [7, 11) is 0. The van der Waals surface area contributed by atoms with Crippen LogP contribution in [-0.2, 0) is 9.59 Å². The molecular weight excluding hydrogens is 208 g/mol. The van der Waals surface area contributed by atoms with Crippen LogP contribution in [0.25, 0.3) is 0 Å². The van der Waals surface area contributed by atoms with Crippen molar-refractivity contribution in [3.63, 3.8) is 0 Å². The number of hydrogen-bond donors (Lipinski definition) is 2. The molecule has 16 heavy (non-hydrogen) atoms. The van der Waals surface area contributed by atoms with Gasteiger partial charge in [-0.2, -0.15) is 0 Å². The fourth-order valence-corrected chi connectivity index (χ4v) is 1.62. The van der Waals surface area contributed by atoms with E-state index >= 15 is 0 Å². The number of urea groups is 1. The third kappa shape index (κ3) is 2.13. The highest BCUT2D eigenvalue weighted by Gasteiger charge is 2.49.